The zero-order chi connectivity index (χ0) is 32.6. The van der Waals surface area contributed by atoms with Crippen molar-refractivity contribution in [2.75, 3.05) is 26.3 Å². The Hall–Kier alpha value is -4.21. The predicted octanol–water partition coefficient (Wildman–Crippen LogP) is 5.04. The number of ether oxygens (including phenoxy) is 2. The fourth-order valence-electron chi connectivity index (χ4n) is 5.39. The van der Waals surface area contributed by atoms with E-state index < -0.39 is 12.1 Å². The molecule has 45 heavy (non-hydrogen) atoms. The molecule has 0 heterocycles. The minimum Gasteiger partial charge on any atom is -0.465 e. The molecule has 1 unspecified atom stereocenters. The lowest BCUT2D eigenvalue weighted by atomic mass is 9.98. The molecule has 0 fully saturated rings. The maximum atomic E-state index is 12.9. The summed E-state index contributed by atoms with van der Waals surface area (Å²) < 4.78 is 10.9. The van der Waals surface area contributed by atoms with Crippen LogP contribution in [0, 0.1) is 5.92 Å². The van der Waals surface area contributed by atoms with Crippen LogP contribution in [-0.4, -0.2) is 62.0 Å². The molecule has 10 nitrogen and oxygen atoms in total. The Bertz CT molecular complexity index is 1270. The number of hydrogen-bond acceptors (Lipinski definition) is 7. The molecule has 2 aromatic rings. The minimum atomic E-state index is -0.788. The molecule has 3 rings (SSSR count). The second-order valence-electron chi connectivity index (χ2n) is 11.5. The number of benzene rings is 2. The fourth-order valence-corrected chi connectivity index (χ4v) is 5.39. The van der Waals surface area contributed by atoms with Gasteiger partial charge in [-0.05, 0) is 54.4 Å². The van der Waals surface area contributed by atoms with Gasteiger partial charge in [-0.15, -0.1) is 0 Å². The number of Topliss-reactive ketones (excluding diaryl/α,β-unsaturated/α-hetero) is 1. The first-order valence-corrected chi connectivity index (χ1v) is 16.0. The van der Waals surface area contributed by atoms with E-state index in [1.54, 1.807) is 6.92 Å². The molecular weight excluding hydrogens is 574 g/mol. The first-order chi connectivity index (χ1) is 21.7. The molecule has 0 aromatic heterocycles. The van der Waals surface area contributed by atoms with Crippen molar-refractivity contribution in [2.45, 2.75) is 84.1 Å². The van der Waals surface area contributed by atoms with Crippen LogP contribution in [0.1, 0.15) is 89.2 Å². The highest BCUT2D eigenvalue weighted by molar-refractivity contribution is 5.87. The lowest BCUT2D eigenvalue weighted by Gasteiger charge is -2.19. The lowest BCUT2D eigenvalue weighted by molar-refractivity contribution is -0.146. The number of amides is 3. The Morgan fingerprint density at radius 3 is 2.09 bits per heavy atom. The summed E-state index contributed by atoms with van der Waals surface area (Å²) in [7, 11) is 0. The number of alkyl carbamates (subject to hydrolysis) is 1. The monoisotopic (exact) mass is 621 g/mol. The van der Waals surface area contributed by atoms with Crippen molar-refractivity contribution in [2.24, 2.45) is 5.92 Å². The SMILES string of the molecule is CCC(=O)N[C@@H](CCNC(=O)OCC1c2ccccc2-c2ccccc21)C(=O)NCCCCC(CC)COC(=O)CCC(C)=O. The topological polar surface area (TPSA) is 140 Å². The van der Waals surface area contributed by atoms with Gasteiger partial charge in [0.25, 0.3) is 0 Å². The second kappa shape index (κ2) is 18.6. The van der Waals surface area contributed by atoms with Crippen molar-refractivity contribution >= 4 is 29.7 Å². The van der Waals surface area contributed by atoms with Crippen molar-refractivity contribution in [3.63, 3.8) is 0 Å². The first-order valence-electron chi connectivity index (χ1n) is 16.0. The van der Waals surface area contributed by atoms with E-state index in [1.807, 2.05) is 31.2 Å². The van der Waals surface area contributed by atoms with Gasteiger partial charge >= 0.3 is 12.1 Å². The largest absolute Gasteiger partial charge is 0.465 e. The molecule has 0 radical (unpaired) electrons. The summed E-state index contributed by atoms with van der Waals surface area (Å²) in [5.41, 5.74) is 4.55. The van der Waals surface area contributed by atoms with Gasteiger partial charge in [0.05, 0.1) is 13.0 Å². The Morgan fingerprint density at radius 1 is 0.800 bits per heavy atom. The normalized spacial score (nSPS) is 13.1. The van der Waals surface area contributed by atoms with Crippen LogP contribution in [0.15, 0.2) is 48.5 Å². The molecule has 3 amide bonds. The van der Waals surface area contributed by atoms with E-state index in [2.05, 4.69) is 40.2 Å². The van der Waals surface area contributed by atoms with E-state index >= 15 is 0 Å². The molecule has 3 N–H and O–H groups in total. The minimum absolute atomic E-state index is 0.0376. The van der Waals surface area contributed by atoms with E-state index in [9.17, 15) is 24.0 Å². The maximum Gasteiger partial charge on any atom is 0.407 e. The lowest BCUT2D eigenvalue weighted by Crippen LogP contribution is -2.48. The summed E-state index contributed by atoms with van der Waals surface area (Å²) in [6.45, 7) is 6.30. The summed E-state index contributed by atoms with van der Waals surface area (Å²) in [5, 5.41) is 8.34. The highest BCUT2D eigenvalue weighted by atomic mass is 16.5. The smallest absolute Gasteiger partial charge is 0.407 e. The van der Waals surface area contributed by atoms with Gasteiger partial charge in [0.2, 0.25) is 11.8 Å². The van der Waals surface area contributed by atoms with Gasteiger partial charge in [-0.25, -0.2) is 4.79 Å². The summed E-state index contributed by atoms with van der Waals surface area (Å²) in [6, 6.07) is 15.4. The quantitative estimate of drug-likeness (QED) is 0.148. The number of unbranched alkanes of at least 4 members (excludes halogenated alkanes) is 1. The van der Waals surface area contributed by atoms with Crippen molar-refractivity contribution in [3.05, 3.63) is 59.7 Å². The predicted molar refractivity (Wildman–Crippen MR) is 171 cm³/mol. The van der Waals surface area contributed by atoms with Gasteiger partial charge in [-0.1, -0.05) is 75.2 Å². The maximum absolute atomic E-state index is 12.9. The summed E-state index contributed by atoms with van der Waals surface area (Å²) >= 11 is 0. The second-order valence-corrected chi connectivity index (χ2v) is 11.5. The number of esters is 1. The van der Waals surface area contributed by atoms with Gasteiger partial charge in [0.1, 0.15) is 18.4 Å². The number of hydrogen-bond donors (Lipinski definition) is 3. The van der Waals surface area contributed by atoms with Gasteiger partial charge in [-0.3, -0.25) is 14.4 Å². The van der Waals surface area contributed by atoms with Crippen LogP contribution >= 0.6 is 0 Å². The van der Waals surface area contributed by atoms with Crippen molar-refractivity contribution in [3.8, 4) is 11.1 Å². The molecule has 2 atom stereocenters. The van der Waals surface area contributed by atoms with E-state index in [0.29, 0.717) is 13.2 Å². The van der Waals surface area contributed by atoms with Crippen LogP contribution in [0.3, 0.4) is 0 Å². The van der Waals surface area contributed by atoms with Gasteiger partial charge in [0, 0.05) is 31.8 Å². The third kappa shape index (κ3) is 11.3. The third-order valence-electron chi connectivity index (χ3n) is 8.10. The Kier molecular flexibility index (Phi) is 14.6. The highest BCUT2D eigenvalue weighted by Crippen LogP contribution is 2.44. The van der Waals surface area contributed by atoms with Crippen LogP contribution in [0.2, 0.25) is 0 Å². The molecule has 2 aromatic carbocycles. The van der Waals surface area contributed by atoms with Gasteiger partial charge in [-0.2, -0.15) is 0 Å². The average molecular weight is 622 g/mol. The summed E-state index contributed by atoms with van der Waals surface area (Å²) in [6.07, 6.45) is 3.44. The third-order valence-corrected chi connectivity index (χ3v) is 8.10. The van der Waals surface area contributed by atoms with E-state index in [0.717, 1.165) is 47.9 Å². The van der Waals surface area contributed by atoms with Crippen LogP contribution in [-0.2, 0) is 28.7 Å². The zero-order valence-corrected chi connectivity index (χ0v) is 26.7. The number of carbonyl (C=O) groups excluding carboxylic acids is 5. The number of nitrogens with one attached hydrogen (secondary N) is 3. The summed E-state index contributed by atoms with van der Waals surface area (Å²) in [4.78, 5) is 60.3. The van der Waals surface area contributed by atoms with Crippen LogP contribution in [0.25, 0.3) is 11.1 Å². The van der Waals surface area contributed by atoms with Gasteiger partial charge in [0.15, 0.2) is 0 Å². The number of ketones is 1. The van der Waals surface area contributed by atoms with E-state index in [4.69, 9.17) is 9.47 Å². The molecule has 0 spiro atoms. The van der Waals surface area contributed by atoms with Gasteiger partial charge < -0.3 is 30.2 Å². The van der Waals surface area contributed by atoms with Crippen molar-refractivity contribution < 1.29 is 33.4 Å². The highest BCUT2D eigenvalue weighted by Gasteiger charge is 2.29. The van der Waals surface area contributed by atoms with E-state index in [-0.39, 0.29) is 74.2 Å². The molecule has 1 aliphatic carbocycles. The molecule has 0 saturated carbocycles. The Morgan fingerprint density at radius 2 is 1.47 bits per heavy atom. The molecule has 244 valence electrons. The van der Waals surface area contributed by atoms with Crippen LogP contribution in [0.4, 0.5) is 4.79 Å². The number of rotatable bonds is 19. The molecule has 0 saturated heterocycles. The Labute approximate surface area is 266 Å². The first kappa shape index (κ1) is 35.3. The Balaban J connectivity index is 1.38. The standard InChI is InChI=1S/C35H47N3O7/c1-4-25(22-44-33(41)18-17-24(3)39)12-10-11-20-36-34(42)31(38-32(40)5-2)19-21-37-35(43)45-23-30-28-15-8-6-13-26(28)27-14-7-9-16-29(27)30/h6-9,13-16,25,30-31H,4-5,10-12,17-23H2,1-3H3,(H,36,42)(H,37,43)(H,38,40)/t25?,31-/m0/s1. The fraction of sp³-hybridized carbons (Fsp3) is 0.514. The average Bonchev–Trinajstić information content (AvgIpc) is 3.36. The van der Waals surface area contributed by atoms with Crippen molar-refractivity contribution in [1.82, 2.24) is 16.0 Å². The molecule has 0 bridgehead atoms. The molecular formula is C35H47N3O7. The molecule has 10 heteroatoms. The van der Waals surface area contributed by atoms with Crippen LogP contribution < -0.4 is 16.0 Å². The number of fused-ring (bicyclic) bond motifs is 3. The summed E-state index contributed by atoms with van der Waals surface area (Å²) in [5.74, 6) is -0.792. The zero-order valence-electron chi connectivity index (χ0n) is 26.7. The number of carbonyl (C=O) groups is 5. The van der Waals surface area contributed by atoms with E-state index in [1.165, 1.54) is 6.92 Å². The molecule has 0 aliphatic heterocycles. The molecule has 1 aliphatic rings. The van der Waals surface area contributed by atoms with Crippen molar-refractivity contribution in [1.29, 1.82) is 0 Å². The van der Waals surface area contributed by atoms with Crippen LogP contribution in [0.5, 0.6) is 0 Å².